The van der Waals surface area contributed by atoms with Crippen LogP contribution in [-0.4, -0.2) is 92.5 Å². The van der Waals surface area contributed by atoms with Crippen LogP contribution in [0.5, 0.6) is 11.5 Å². The molecule has 0 aliphatic carbocycles. The molecule has 0 saturated carbocycles. The average Bonchev–Trinajstić information content (AvgIpc) is 3.05. The van der Waals surface area contributed by atoms with Gasteiger partial charge in [0.05, 0.1) is 27.2 Å². The van der Waals surface area contributed by atoms with Gasteiger partial charge in [0.25, 0.3) is 0 Å². The predicted molar refractivity (Wildman–Crippen MR) is 208 cm³/mol. The van der Waals surface area contributed by atoms with Gasteiger partial charge in [-0.2, -0.15) is 19.9 Å². The predicted octanol–water partition coefficient (Wildman–Crippen LogP) is 5.52. The van der Waals surface area contributed by atoms with Crippen LogP contribution < -0.4 is 32.4 Å². The molecule has 0 radical (unpaired) electrons. The van der Waals surface area contributed by atoms with Gasteiger partial charge in [0, 0.05) is 42.0 Å². The van der Waals surface area contributed by atoms with Gasteiger partial charge in [-0.15, -0.1) is 0 Å². The molecule has 0 aliphatic rings. The number of amides is 2. The Balaban J connectivity index is 0.000000284. The van der Waals surface area contributed by atoms with Gasteiger partial charge in [-0.05, 0) is 51.2 Å². The molecule has 0 spiro atoms. The van der Waals surface area contributed by atoms with Crippen molar-refractivity contribution in [2.75, 3.05) is 57.3 Å². The van der Waals surface area contributed by atoms with Crippen molar-refractivity contribution >= 4 is 93.6 Å². The fraction of sp³-hybridized carbons (Fsp3) is 0.355. The molecular weight excluding hydrogens is 796 g/mol. The fourth-order valence-corrected chi connectivity index (χ4v) is 6.57. The molecule has 0 bridgehead atoms. The Morgan fingerprint density at radius 3 is 1.56 bits per heavy atom. The number of primary amides is 2. The molecule has 52 heavy (non-hydrogen) atoms. The smallest absolute Gasteiger partial charge is 0.224 e. The van der Waals surface area contributed by atoms with E-state index in [1.807, 2.05) is 19.0 Å². The molecule has 0 saturated heterocycles. The van der Waals surface area contributed by atoms with E-state index in [2.05, 4.69) is 29.9 Å². The monoisotopic (exact) mass is 831 g/mol. The zero-order chi connectivity index (χ0) is 38.4. The van der Waals surface area contributed by atoms with Crippen LogP contribution in [0.2, 0.25) is 20.1 Å². The van der Waals surface area contributed by atoms with Crippen LogP contribution in [0.4, 0.5) is 11.9 Å². The minimum Gasteiger partial charge on any atom is -0.495 e. The summed E-state index contributed by atoms with van der Waals surface area (Å²) in [4.78, 5) is 48.8. The minimum absolute atomic E-state index is 0.0717. The Morgan fingerprint density at radius 1 is 0.692 bits per heavy atom. The van der Waals surface area contributed by atoms with E-state index in [1.165, 1.54) is 30.6 Å². The highest BCUT2D eigenvalue weighted by Gasteiger charge is 2.17. The van der Waals surface area contributed by atoms with E-state index >= 15 is 0 Å². The van der Waals surface area contributed by atoms with E-state index in [9.17, 15) is 9.59 Å². The van der Waals surface area contributed by atoms with Crippen molar-refractivity contribution in [3.05, 3.63) is 44.4 Å². The Morgan fingerprint density at radius 2 is 1.13 bits per heavy atom. The lowest BCUT2D eigenvalue weighted by Crippen LogP contribution is -2.19. The fourth-order valence-electron chi connectivity index (χ4n) is 3.94. The molecule has 0 atom stereocenters. The summed E-state index contributed by atoms with van der Waals surface area (Å²) in [5.74, 6) is 2.29. The molecule has 4 rings (SSSR count). The molecule has 0 unspecified atom stereocenters. The van der Waals surface area contributed by atoms with Crippen LogP contribution in [0, 0.1) is 0 Å². The zero-order valence-corrected chi connectivity index (χ0v) is 33.0. The van der Waals surface area contributed by atoms with Crippen molar-refractivity contribution < 1.29 is 19.1 Å². The third-order valence-electron chi connectivity index (χ3n) is 6.40. The Hall–Kier alpha value is -3.58. The number of carbonyl (C=O) groups is 2. The maximum atomic E-state index is 10.8. The Bertz CT molecular complexity index is 1860. The van der Waals surface area contributed by atoms with Gasteiger partial charge in [-0.25, -0.2) is 9.97 Å². The number of nitrogens with two attached hydrogens (primary N) is 4. The third kappa shape index (κ3) is 14.1. The maximum absolute atomic E-state index is 10.8. The number of ether oxygens (including phenoxy) is 2. The largest absolute Gasteiger partial charge is 0.495 e. The third-order valence-corrected chi connectivity index (χ3v) is 9.49. The van der Waals surface area contributed by atoms with Gasteiger partial charge in [0.15, 0.2) is 22.0 Å². The molecule has 2 heterocycles. The number of anilines is 2. The Labute approximate surface area is 329 Å². The number of hydrogen-bond donors (Lipinski definition) is 4. The highest BCUT2D eigenvalue weighted by Crippen LogP contribution is 2.37. The Kier molecular flexibility index (Phi) is 17.5. The lowest BCUT2D eigenvalue weighted by atomic mass is 10.2. The molecule has 15 nitrogen and oxygen atoms in total. The summed E-state index contributed by atoms with van der Waals surface area (Å²) in [7, 11) is 5.41. The molecule has 21 heteroatoms. The summed E-state index contributed by atoms with van der Waals surface area (Å²) >= 11 is 27.5. The van der Waals surface area contributed by atoms with Crippen LogP contribution >= 0.6 is 69.9 Å². The van der Waals surface area contributed by atoms with E-state index in [-0.39, 0.29) is 23.7 Å². The summed E-state index contributed by atoms with van der Waals surface area (Å²) in [6.07, 6.45) is 1.85. The van der Waals surface area contributed by atoms with Crippen molar-refractivity contribution in [3.63, 3.8) is 0 Å². The van der Waals surface area contributed by atoms with E-state index in [0.717, 1.165) is 6.54 Å². The number of aromatic nitrogens is 6. The maximum Gasteiger partial charge on any atom is 0.224 e. The molecule has 4 aromatic rings. The highest BCUT2D eigenvalue weighted by molar-refractivity contribution is 7.99. The number of nitrogen functional groups attached to an aromatic ring is 2. The van der Waals surface area contributed by atoms with Crippen LogP contribution in [0.15, 0.2) is 34.6 Å². The lowest BCUT2D eigenvalue weighted by Gasteiger charge is -2.14. The second-order valence-electron chi connectivity index (χ2n) is 10.8. The van der Waals surface area contributed by atoms with Gasteiger partial charge < -0.3 is 37.3 Å². The van der Waals surface area contributed by atoms with Crippen LogP contribution in [0.1, 0.15) is 25.7 Å². The van der Waals surface area contributed by atoms with E-state index in [4.69, 9.17) is 78.8 Å². The second kappa shape index (κ2) is 21.2. The number of benzene rings is 2. The first-order valence-electron chi connectivity index (χ1n) is 15.3. The summed E-state index contributed by atoms with van der Waals surface area (Å²) in [5.41, 5.74) is 22.9. The summed E-state index contributed by atoms with van der Waals surface area (Å²) < 4.78 is 10.9. The number of nitrogens with zero attached hydrogens (tertiary/aromatic N) is 7. The number of halogens is 4. The van der Waals surface area contributed by atoms with Crippen molar-refractivity contribution in [1.82, 2.24) is 34.8 Å². The molecule has 2 amide bonds. The van der Waals surface area contributed by atoms with Crippen LogP contribution in [0.3, 0.4) is 0 Å². The van der Waals surface area contributed by atoms with Gasteiger partial charge in [-0.3, -0.25) is 9.59 Å². The van der Waals surface area contributed by atoms with Crippen molar-refractivity contribution in [3.8, 4) is 34.3 Å². The zero-order valence-electron chi connectivity index (χ0n) is 28.4. The van der Waals surface area contributed by atoms with E-state index in [0.29, 0.717) is 108 Å². The molecule has 280 valence electrons. The molecule has 8 N–H and O–H groups in total. The standard InChI is InChI=1S/C17H22Cl2N6O2S.C14H15Cl2N5O2S/c1-25(2)5-6-27-13-8-10(11(18)9-12(13)19)15-22-16(21)24-17(23-15)28-7-3-4-14(20)26;1-23-10-5-7(8(15)6-9(10)16)12-19-13(18)21-14(20-12)24-4-2-3-11(17)22/h8-9H,3-7H2,1-2H3,(H2,20,26)(H2,21,22,23,24);5-6H,2-4H2,1H3,(H2,17,22)(H2,18,19,20,21). The lowest BCUT2D eigenvalue weighted by molar-refractivity contribution is -0.118. The number of rotatable bonds is 17. The number of thioether (sulfide) groups is 2. The number of hydrogen-bond acceptors (Lipinski definition) is 15. The molecule has 0 fully saturated rings. The first kappa shape index (κ1) is 42.8. The number of carbonyl (C=O) groups excluding carboxylic acids is 2. The normalized spacial score (nSPS) is 10.8. The van der Waals surface area contributed by atoms with E-state index in [1.54, 1.807) is 24.3 Å². The van der Waals surface area contributed by atoms with Crippen LogP contribution in [-0.2, 0) is 9.59 Å². The molecule has 2 aromatic heterocycles. The first-order chi connectivity index (χ1) is 24.7. The summed E-state index contributed by atoms with van der Waals surface area (Å²) in [6, 6.07) is 6.47. The molecule has 2 aromatic carbocycles. The number of likely N-dealkylation sites (N-methyl/N-ethyl adjacent to an activating group) is 1. The van der Waals surface area contributed by atoms with Gasteiger partial charge in [0.1, 0.15) is 18.1 Å². The van der Waals surface area contributed by atoms with Crippen LogP contribution in [0.25, 0.3) is 22.8 Å². The SMILES string of the molecule is CN(C)CCOc1cc(-c2nc(N)nc(SCCCC(N)=O)n2)c(Cl)cc1Cl.COc1cc(-c2nc(N)nc(SCCCC(N)=O)n2)c(Cl)cc1Cl. The van der Waals surface area contributed by atoms with Gasteiger partial charge in [-0.1, -0.05) is 69.9 Å². The average molecular weight is 834 g/mol. The van der Waals surface area contributed by atoms with E-state index < -0.39 is 0 Å². The highest BCUT2D eigenvalue weighted by atomic mass is 35.5. The number of methoxy groups -OCH3 is 1. The van der Waals surface area contributed by atoms with Gasteiger partial charge >= 0.3 is 0 Å². The van der Waals surface area contributed by atoms with Crippen molar-refractivity contribution in [1.29, 1.82) is 0 Å². The molecular formula is C31H37Cl4N11O4S2. The minimum atomic E-state index is -0.341. The topological polar surface area (TPSA) is 237 Å². The van der Waals surface area contributed by atoms with Gasteiger partial charge in [0.2, 0.25) is 23.7 Å². The van der Waals surface area contributed by atoms with Crippen molar-refractivity contribution in [2.24, 2.45) is 11.5 Å². The summed E-state index contributed by atoms with van der Waals surface area (Å²) in [6.45, 7) is 1.20. The summed E-state index contributed by atoms with van der Waals surface area (Å²) in [5, 5.41) is 2.40. The quantitative estimate of drug-likeness (QED) is 0.0757. The second-order valence-corrected chi connectivity index (χ2v) is 14.6. The molecule has 0 aliphatic heterocycles. The first-order valence-corrected chi connectivity index (χ1v) is 18.8. The van der Waals surface area contributed by atoms with Crippen molar-refractivity contribution in [2.45, 2.75) is 36.0 Å².